The summed E-state index contributed by atoms with van der Waals surface area (Å²) in [6, 6.07) is 9.00. The molecule has 0 radical (unpaired) electrons. The Morgan fingerprint density at radius 2 is 1.65 bits per heavy atom. The third-order valence-electron chi connectivity index (χ3n) is 4.53. The highest BCUT2D eigenvalue weighted by Crippen LogP contribution is 2.32. The normalized spacial score (nSPS) is 20.9. The van der Waals surface area contributed by atoms with E-state index in [1.54, 1.807) is 0 Å². The summed E-state index contributed by atoms with van der Waals surface area (Å²) in [4.78, 5) is 3.23. The lowest BCUT2D eigenvalue weighted by molar-refractivity contribution is 0.0693. The Morgan fingerprint density at radius 3 is 2.30 bits per heavy atom. The van der Waals surface area contributed by atoms with Crippen LogP contribution < -0.4 is 0 Å². The SMILES string of the molecule is S=C(c1ccc(C2CCCCC2)cc1)N1CCOCC1. The van der Waals surface area contributed by atoms with E-state index < -0.39 is 0 Å². The van der Waals surface area contributed by atoms with E-state index in [2.05, 4.69) is 29.2 Å². The number of thiocarbonyl (C=S) groups is 1. The number of morpholine rings is 1. The molecule has 3 heteroatoms. The zero-order chi connectivity index (χ0) is 13.8. The third kappa shape index (κ3) is 3.21. The van der Waals surface area contributed by atoms with Crippen molar-refractivity contribution < 1.29 is 4.74 Å². The Labute approximate surface area is 127 Å². The number of nitrogens with zero attached hydrogens (tertiary/aromatic N) is 1. The van der Waals surface area contributed by atoms with E-state index >= 15 is 0 Å². The fourth-order valence-corrected chi connectivity index (χ4v) is 3.60. The molecule has 1 aromatic carbocycles. The van der Waals surface area contributed by atoms with Crippen molar-refractivity contribution in [1.29, 1.82) is 0 Å². The zero-order valence-electron chi connectivity index (χ0n) is 12.0. The lowest BCUT2D eigenvalue weighted by Crippen LogP contribution is -2.40. The molecule has 20 heavy (non-hydrogen) atoms. The average molecular weight is 289 g/mol. The van der Waals surface area contributed by atoms with Gasteiger partial charge in [0.05, 0.1) is 13.2 Å². The van der Waals surface area contributed by atoms with E-state index in [9.17, 15) is 0 Å². The lowest BCUT2D eigenvalue weighted by Gasteiger charge is -2.29. The zero-order valence-corrected chi connectivity index (χ0v) is 12.8. The summed E-state index contributed by atoms with van der Waals surface area (Å²) in [7, 11) is 0. The Balaban J connectivity index is 1.67. The first-order valence-corrected chi connectivity index (χ1v) is 8.22. The number of benzene rings is 1. The second-order valence-corrected chi connectivity index (χ2v) is 6.25. The van der Waals surface area contributed by atoms with E-state index in [0.29, 0.717) is 0 Å². The van der Waals surface area contributed by atoms with Crippen LogP contribution in [0.2, 0.25) is 0 Å². The van der Waals surface area contributed by atoms with Crippen LogP contribution in [0.1, 0.15) is 49.1 Å². The van der Waals surface area contributed by atoms with Crippen LogP contribution in [0, 0.1) is 0 Å². The van der Waals surface area contributed by atoms with Crippen LogP contribution in [-0.2, 0) is 4.74 Å². The highest BCUT2D eigenvalue weighted by atomic mass is 32.1. The van der Waals surface area contributed by atoms with Crippen LogP contribution in [0.4, 0.5) is 0 Å². The summed E-state index contributed by atoms with van der Waals surface area (Å²) in [6.45, 7) is 3.42. The molecule has 0 bridgehead atoms. The molecule has 3 rings (SSSR count). The van der Waals surface area contributed by atoms with Crippen molar-refractivity contribution in [3.63, 3.8) is 0 Å². The highest BCUT2D eigenvalue weighted by molar-refractivity contribution is 7.80. The minimum atomic E-state index is 0.773. The van der Waals surface area contributed by atoms with Crippen LogP contribution >= 0.6 is 12.2 Å². The molecular formula is C17H23NOS. The predicted octanol–water partition coefficient (Wildman–Crippen LogP) is 3.74. The molecule has 0 spiro atoms. The minimum Gasteiger partial charge on any atom is -0.378 e. The predicted molar refractivity (Wildman–Crippen MR) is 86.4 cm³/mol. The van der Waals surface area contributed by atoms with Crippen LogP contribution in [0.15, 0.2) is 24.3 Å². The first-order valence-electron chi connectivity index (χ1n) is 7.81. The van der Waals surface area contributed by atoms with Gasteiger partial charge < -0.3 is 9.64 Å². The van der Waals surface area contributed by atoms with Crippen molar-refractivity contribution in [3.05, 3.63) is 35.4 Å². The molecule has 1 aromatic rings. The van der Waals surface area contributed by atoms with Crippen molar-refractivity contribution in [1.82, 2.24) is 4.90 Å². The van der Waals surface area contributed by atoms with Crippen molar-refractivity contribution in [2.45, 2.75) is 38.0 Å². The summed E-state index contributed by atoms with van der Waals surface area (Å²) in [5, 5.41) is 0. The van der Waals surface area contributed by atoms with Crippen LogP contribution in [0.3, 0.4) is 0 Å². The fraction of sp³-hybridized carbons (Fsp3) is 0.588. The first kappa shape index (κ1) is 14.0. The number of hydrogen-bond donors (Lipinski definition) is 0. The molecule has 0 aromatic heterocycles. The van der Waals surface area contributed by atoms with E-state index in [-0.39, 0.29) is 0 Å². The number of rotatable bonds is 2. The fourth-order valence-electron chi connectivity index (χ4n) is 3.28. The highest BCUT2D eigenvalue weighted by Gasteiger charge is 2.17. The van der Waals surface area contributed by atoms with Gasteiger partial charge in [0.15, 0.2) is 0 Å². The van der Waals surface area contributed by atoms with Crippen LogP contribution in [0.25, 0.3) is 0 Å². The van der Waals surface area contributed by atoms with Crippen molar-refractivity contribution >= 4 is 17.2 Å². The molecule has 2 fully saturated rings. The molecule has 1 heterocycles. The summed E-state index contributed by atoms with van der Waals surface area (Å²) >= 11 is 5.61. The van der Waals surface area contributed by atoms with Gasteiger partial charge in [-0.1, -0.05) is 55.7 Å². The van der Waals surface area contributed by atoms with Gasteiger partial charge in [0.2, 0.25) is 0 Å². The maximum absolute atomic E-state index is 5.61. The first-order chi connectivity index (χ1) is 9.84. The van der Waals surface area contributed by atoms with Crippen LogP contribution in [0.5, 0.6) is 0 Å². The van der Waals surface area contributed by atoms with E-state index in [1.165, 1.54) is 43.2 Å². The van der Waals surface area contributed by atoms with Crippen LogP contribution in [-0.4, -0.2) is 36.2 Å². The van der Waals surface area contributed by atoms with Gasteiger partial charge in [-0.3, -0.25) is 0 Å². The van der Waals surface area contributed by atoms with E-state index in [4.69, 9.17) is 17.0 Å². The minimum absolute atomic E-state index is 0.773. The van der Waals surface area contributed by atoms with Gasteiger partial charge >= 0.3 is 0 Å². The number of ether oxygens (including phenoxy) is 1. The molecule has 0 N–H and O–H groups in total. The second kappa shape index (κ2) is 6.68. The van der Waals surface area contributed by atoms with Crippen molar-refractivity contribution in [2.24, 2.45) is 0 Å². The molecule has 1 saturated heterocycles. The third-order valence-corrected chi connectivity index (χ3v) is 5.03. The molecule has 108 valence electrons. The molecule has 1 saturated carbocycles. The Morgan fingerprint density at radius 1 is 1.00 bits per heavy atom. The van der Waals surface area contributed by atoms with Crippen molar-refractivity contribution in [2.75, 3.05) is 26.3 Å². The van der Waals surface area contributed by atoms with Gasteiger partial charge in [-0.25, -0.2) is 0 Å². The quantitative estimate of drug-likeness (QED) is 0.770. The molecular weight excluding hydrogens is 266 g/mol. The second-order valence-electron chi connectivity index (χ2n) is 5.86. The molecule has 1 aliphatic heterocycles. The Hall–Kier alpha value is -0.930. The van der Waals surface area contributed by atoms with Gasteiger partial charge in [-0.05, 0) is 24.3 Å². The molecule has 0 atom stereocenters. The summed E-state index contributed by atoms with van der Waals surface area (Å²) in [5.41, 5.74) is 2.68. The lowest BCUT2D eigenvalue weighted by atomic mass is 9.84. The van der Waals surface area contributed by atoms with Gasteiger partial charge in [0.1, 0.15) is 4.99 Å². The maximum atomic E-state index is 5.61. The maximum Gasteiger partial charge on any atom is 0.109 e. The molecule has 2 nitrogen and oxygen atoms in total. The molecule has 2 aliphatic rings. The smallest absolute Gasteiger partial charge is 0.109 e. The van der Waals surface area contributed by atoms with E-state index in [0.717, 1.165) is 37.2 Å². The summed E-state index contributed by atoms with van der Waals surface area (Å²) in [5.74, 6) is 0.773. The average Bonchev–Trinajstić information content (AvgIpc) is 2.56. The topological polar surface area (TPSA) is 12.5 Å². The van der Waals surface area contributed by atoms with Gasteiger partial charge in [-0.2, -0.15) is 0 Å². The van der Waals surface area contributed by atoms with Crippen molar-refractivity contribution in [3.8, 4) is 0 Å². The Kier molecular flexibility index (Phi) is 4.69. The summed E-state index contributed by atoms with van der Waals surface area (Å²) < 4.78 is 5.38. The number of hydrogen-bond acceptors (Lipinski definition) is 2. The molecule has 0 amide bonds. The largest absolute Gasteiger partial charge is 0.378 e. The monoisotopic (exact) mass is 289 g/mol. The molecule has 1 aliphatic carbocycles. The van der Waals surface area contributed by atoms with Gasteiger partial charge in [0.25, 0.3) is 0 Å². The summed E-state index contributed by atoms with van der Waals surface area (Å²) in [6.07, 6.45) is 6.90. The standard InChI is InChI=1S/C17H23NOS/c20-17(18-10-12-19-13-11-18)16-8-6-15(7-9-16)14-4-2-1-3-5-14/h6-9,14H,1-5,10-13H2. The van der Waals surface area contributed by atoms with Gasteiger partial charge in [-0.15, -0.1) is 0 Å². The van der Waals surface area contributed by atoms with Gasteiger partial charge in [0, 0.05) is 18.7 Å². The molecule has 0 unspecified atom stereocenters. The van der Waals surface area contributed by atoms with E-state index in [1.807, 2.05) is 0 Å². The Bertz CT molecular complexity index is 445.